The SMILES string of the molecule is CCOC(=O)c1coc(Nc2cc(F)cc(Cl)c2)n1. The predicted octanol–water partition coefficient (Wildman–Crippen LogP) is 3.39. The maximum absolute atomic E-state index is 13.1. The van der Waals surface area contributed by atoms with E-state index >= 15 is 0 Å². The Bertz CT molecular complexity index is 580. The average molecular weight is 285 g/mol. The summed E-state index contributed by atoms with van der Waals surface area (Å²) in [4.78, 5) is 15.2. The lowest BCUT2D eigenvalue weighted by Gasteiger charge is -2.02. The van der Waals surface area contributed by atoms with Gasteiger partial charge >= 0.3 is 5.97 Å². The zero-order valence-electron chi connectivity index (χ0n) is 9.94. The number of halogens is 2. The standard InChI is InChI=1S/C12H10ClFN2O3/c1-2-18-11(17)10-6-19-12(16-10)15-9-4-7(13)3-8(14)5-9/h3-6H,2H2,1H3,(H,15,16). The second kappa shape index (κ2) is 5.71. The molecule has 0 amide bonds. The van der Waals surface area contributed by atoms with Crippen molar-refractivity contribution in [2.75, 3.05) is 11.9 Å². The predicted molar refractivity (Wildman–Crippen MR) is 67.2 cm³/mol. The van der Waals surface area contributed by atoms with Crippen molar-refractivity contribution in [3.63, 3.8) is 0 Å². The Hall–Kier alpha value is -2.08. The minimum absolute atomic E-state index is 0.0341. The van der Waals surface area contributed by atoms with Crippen molar-refractivity contribution in [3.8, 4) is 0 Å². The van der Waals surface area contributed by atoms with Gasteiger partial charge in [-0.25, -0.2) is 9.18 Å². The van der Waals surface area contributed by atoms with Crippen LogP contribution in [0.15, 0.2) is 28.9 Å². The van der Waals surface area contributed by atoms with Crippen molar-refractivity contribution in [2.45, 2.75) is 6.92 Å². The first-order chi connectivity index (χ1) is 9.08. The van der Waals surface area contributed by atoms with Crippen LogP contribution in [0.25, 0.3) is 0 Å². The van der Waals surface area contributed by atoms with E-state index in [1.54, 1.807) is 6.92 Å². The number of benzene rings is 1. The van der Waals surface area contributed by atoms with Crippen LogP contribution in [0.5, 0.6) is 0 Å². The van der Waals surface area contributed by atoms with E-state index in [-0.39, 0.29) is 23.3 Å². The summed E-state index contributed by atoms with van der Waals surface area (Å²) in [6.45, 7) is 1.93. The summed E-state index contributed by atoms with van der Waals surface area (Å²) in [5, 5.41) is 2.93. The van der Waals surface area contributed by atoms with Crippen LogP contribution in [0.2, 0.25) is 5.02 Å². The van der Waals surface area contributed by atoms with Gasteiger partial charge in [0.1, 0.15) is 12.1 Å². The van der Waals surface area contributed by atoms with Crippen molar-refractivity contribution < 1.29 is 18.3 Å². The topological polar surface area (TPSA) is 64.4 Å². The lowest BCUT2D eigenvalue weighted by Crippen LogP contribution is -2.05. The normalized spacial score (nSPS) is 10.3. The van der Waals surface area contributed by atoms with Crippen LogP contribution in [-0.4, -0.2) is 17.6 Å². The van der Waals surface area contributed by atoms with E-state index in [4.69, 9.17) is 20.8 Å². The number of hydrogen-bond donors (Lipinski definition) is 1. The zero-order chi connectivity index (χ0) is 13.8. The molecular formula is C12H10ClFN2O3. The van der Waals surface area contributed by atoms with Crippen LogP contribution in [0.3, 0.4) is 0 Å². The summed E-state index contributed by atoms with van der Waals surface area (Å²) in [5.74, 6) is -1.08. The second-order valence-electron chi connectivity index (χ2n) is 3.54. The molecule has 0 saturated heterocycles. The molecule has 7 heteroatoms. The Morgan fingerprint density at radius 3 is 3.00 bits per heavy atom. The van der Waals surface area contributed by atoms with Crippen LogP contribution < -0.4 is 5.32 Å². The van der Waals surface area contributed by atoms with Crippen LogP contribution in [0.4, 0.5) is 16.1 Å². The van der Waals surface area contributed by atoms with Crippen molar-refractivity contribution in [1.29, 1.82) is 0 Å². The molecule has 2 aromatic rings. The van der Waals surface area contributed by atoms with E-state index in [9.17, 15) is 9.18 Å². The summed E-state index contributed by atoms with van der Waals surface area (Å²) in [6, 6.07) is 3.94. The van der Waals surface area contributed by atoms with Crippen LogP contribution in [0, 0.1) is 5.82 Å². The summed E-state index contributed by atoms with van der Waals surface area (Å²) in [5.41, 5.74) is 0.397. The molecule has 100 valence electrons. The van der Waals surface area contributed by atoms with Crippen LogP contribution >= 0.6 is 11.6 Å². The highest BCUT2D eigenvalue weighted by Gasteiger charge is 2.13. The number of nitrogens with zero attached hydrogens (tertiary/aromatic N) is 1. The first-order valence-corrected chi connectivity index (χ1v) is 5.82. The van der Waals surface area contributed by atoms with Gasteiger partial charge < -0.3 is 14.5 Å². The Morgan fingerprint density at radius 2 is 2.32 bits per heavy atom. The molecule has 1 N–H and O–H groups in total. The van der Waals surface area contributed by atoms with Crippen molar-refractivity contribution >= 4 is 29.3 Å². The summed E-state index contributed by atoms with van der Waals surface area (Å²) in [6.07, 6.45) is 1.15. The third-order valence-corrected chi connectivity index (χ3v) is 2.32. The van der Waals surface area contributed by atoms with Gasteiger partial charge in [0.2, 0.25) is 0 Å². The number of ether oxygens (including phenoxy) is 1. The quantitative estimate of drug-likeness (QED) is 0.872. The highest BCUT2D eigenvalue weighted by Crippen LogP contribution is 2.21. The highest BCUT2D eigenvalue weighted by atomic mass is 35.5. The van der Waals surface area contributed by atoms with Gasteiger partial charge in [0.25, 0.3) is 6.01 Å². The molecule has 0 radical (unpaired) electrons. The molecule has 0 unspecified atom stereocenters. The lowest BCUT2D eigenvalue weighted by atomic mass is 10.3. The van der Waals surface area contributed by atoms with E-state index in [1.807, 2.05) is 0 Å². The molecule has 2 rings (SSSR count). The van der Waals surface area contributed by atoms with E-state index in [0.29, 0.717) is 5.69 Å². The number of aromatic nitrogens is 1. The third kappa shape index (κ3) is 3.45. The fourth-order valence-corrected chi connectivity index (χ4v) is 1.60. The average Bonchev–Trinajstić information content (AvgIpc) is 2.76. The molecule has 0 aliphatic carbocycles. The molecule has 1 aromatic heterocycles. The Balaban J connectivity index is 2.13. The summed E-state index contributed by atoms with van der Waals surface area (Å²) in [7, 11) is 0. The molecule has 19 heavy (non-hydrogen) atoms. The first kappa shape index (κ1) is 13.4. The van der Waals surface area contributed by atoms with Gasteiger partial charge in [0.15, 0.2) is 5.69 Å². The number of rotatable bonds is 4. The third-order valence-electron chi connectivity index (χ3n) is 2.10. The summed E-state index contributed by atoms with van der Waals surface area (Å²) < 4.78 is 22.9. The number of nitrogens with one attached hydrogen (secondary N) is 1. The number of hydrogen-bond acceptors (Lipinski definition) is 5. The molecule has 0 atom stereocenters. The molecule has 0 aliphatic heterocycles. The van der Waals surface area contributed by atoms with Crippen molar-refractivity contribution in [3.05, 3.63) is 41.0 Å². The van der Waals surface area contributed by atoms with E-state index in [2.05, 4.69) is 10.3 Å². The van der Waals surface area contributed by atoms with Gasteiger partial charge in [-0.05, 0) is 25.1 Å². The fourth-order valence-electron chi connectivity index (χ4n) is 1.38. The number of carbonyl (C=O) groups excluding carboxylic acids is 1. The Kier molecular flexibility index (Phi) is 4.01. The second-order valence-corrected chi connectivity index (χ2v) is 3.98. The molecular weight excluding hydrogens is 275 g/mol. The number of oxazole rings is 1. The van der Waals surface area contributed by atoms with Gasteiger partial charge in [-0.15, -0.1) is 0 Å². The van der Waals surface area contributed by atoms with E-state index < -0.39 is 11.8 Å². The van der Waals surface area contributed by atoms with Crippen molar-refractivity contribution in [1.82, 2.24) is 4.98 Å². The molecule has 0 aliphatic rings. The maximum atomic E-state index is 13.1. The van der Waals surface area contributed by atoms with E-state index in [0.717, 1.165) is 6.26 Å². The van der Waals surface area contributed by atoms with Gasteiger partial charge in [0, 0.05) is 10.7 Å². The van der Waals surface area contributed by atoms with Crippen molar-refractivity contribution in [2.24, 2.45) is 0 Å². The van der Waals surface area contributed by atoms with E-state index in [1.165, 1.54) is 18.2 Å². The highest BCUT2D eigenvalue weighted by molar-refractivity contribution is 6.30. The van der Waals surface area contributed by atoms with Gasteiger partial charge in [-0.1, -0.05) is 11.6 Å². The Morgan fingerprint density at radius 1 is 1.53 bits per heavy atom. The Labute approximate surface area is 113 Å². The zero-order valence-corrected chi connectivity index (χ0v) is 10.7. The molecule has 0 bridgehead atoms. The van der Waals surface area contributed by atoms with Gasteiger partial charge in [-0.2, -0.15) is 4.98 Å². The number of anilines is 2. The monoisotopic (exact) mass is 284 g/mol. The van der Waals surface area contributed by atoms with Gasteiger partial charge in [-0.3, -0.25) is 0 Å². The first-order valence-electron chi connectivity index (χ1n) is 5.44. The molecule has 5 nitrogen and oxygen atoms in total. The van der Waals surface area contributed by atoms with Crippen LogP contribution in [-0.2, 0) is 4.74 Å². The number of carbonyl (C=O) groups is 1. The van der Waals surface area contributed by atoms with Gasteiger partial charge in [0.05, 0.1) is 6.61 Å². The fraction of sp³-hybridized carbons (Fsp3) is 0.167. The summed E-state index contributed by atoms with van der Waals surface area (Å²) >= 11 is 5.71. The minimum Gasteiger partial charge on any atom is -0.461 e. The molecule has 1 aromatic carbocycles. The number of esters is 1. The maximum Gasteiger partial charge on any atom is 0.360 e. The molecule has 0 fully saturated rings. The largest absolute Gasteiger partial charge is 0.461 e. The molecule has 0 saturated carbocycles. The molecule has 0 spiro atoms. The lowest BCUT2D eigenvalue weighted by molar-refractivity contribution is 0.0519. The smallest absolute Gasteiger partial charge is 0.360 e. The van der Waals surface area contributed by atoms with Crippen LogP contribution in [0.1, 0.15) is 17.4 Å². The molecule has 1 heterocycles. The minimum atomic E-state index is -0.587.